The minimum absolute atomic E-state index is 0.618. The van der Waals surface area contributed by atoms with E-state index in [0.29, 0.717) is 0 Å². The number of hydrogen-bond acceptors (Lipinski definition) is 2. The Kier molecular flexibility index (Phi) is 4.27. The van der Waals surface area contributed by atoms with Crippen LogP contribution in [0.5, 0.6) is 0 Å². The second-order valence-electron chi connectivity index (χ2n) is 5.71. The third-order valence-electron chi connectivity index (χ3n) is 3.40. The average Bonchev–Trinajstić information content (AvgIpc) is 2.77. The van der Waals surface area contributed by atoms with Crippen molar-refractivity contribution in [2.24, 2.45) is 0 Å². The fraction of sp³-hybridized carbons (Fsp3) is 0.500. The number of para-hydroxylation sites is 1. The van der Waals surface area contributed by atoms with Crippen molar-refractivity contribution in [3.05, 3.63) is 36.0 Å². The Hall–Kier alpha value is -1.32. The Labute approximate surface area is 115 Å². The third-order valence-corrected chi connectivity index (χ3v) is 3.40. The van der Waals surface area contributed by atoms with E-state index in [4.69, 9.17) is 0 Å². The van der Waals surface area contributed by atoms with Gasteiger partial charge in [0.25, 0.3) is 0 Å². The van der Waals surface area contributed by atoms with Crippen molar-refractivity contribution in [1.29, 1.82) is 0 Å². The first kappa shape index (κ1) is 14.1. The van der Waals surface area contributed by atoms with Crippen LogP contribution in [0.25, 0.3) is 10.9 Å². The molecule has 3 nitrogen and oxygen atoms in total. The molecule has 0 unspecified atom stereocenters. The van der Waals surface area contributed by atoms with Crippen molar-refractivity contribution < 1.29 is 5.11 Å². The minimum Gasteiger partial charge on any atom is -0.390 e. The smallest absolute Gasteiger partial charge is 0.0608 e. The number of nitrogens with one attached hydrogen (secondary N) is 1. The monoisotopic (exact) mass is 260 g/mol. The van der Waals surface area contributed by atoms with Gasteiger partial charge in [-0.2, -0.15) is 0 Å². The summed E-state index contributed by atoms with van der Waals surface area (Å²) >= 11 is 0. The van der Waals surface area contributed by atoms with Crippen LogP contribution >= 0.6 is 0 Å². The highest BCUT2D eigenvalue weighted by Gasteiger charge is 2.13. The second kappa shape index (κ2) is 5.76. The Bertz CT molecular complexity index is 537. The number of fused-ring (bicyclic) bond motifs is 1. The Morgan fingerprint density at radius 1 is 1.26 bits per heavy atom. The van der Waals surface area contributed by atoms with Gasteiger partial charge < -0.3 is 15.0 Å². The van der Waals surface area contributed by atoms with Crippen molar-refractivity contribution in [2.75, 3.05) is 6.54 Å². The van der Waals surface area contributed by atoms with E-state index >= 15 is 0 Å². The molecule has 0 atom stereocenters. The zero-order chi connectivity index (χ0) is 13.9. The average molecular weight is 260 g/mol. The van der Waals surface area contributed by atoms with Gasteiger partial charge in [-0.15, -0.1) is 0 Å². The van der Waals surface area contributed by atoms with Gasteiger partial charge in [-0.05, 0) is 43.8 Å². The molecule has 0 amide bonds. The summed E-state index contributed by atoms with van der Waals surface area (Å²) in [5, 5.41) is 14.5. The molecule has 2 aromatic rings. The topological polar surface area (TPSA) is 37.2 Å². The lowest BCUT2D eigenvalue weighted by Gasteiger charge is -2.18. The molecule has 19 heavy (non-hydrogen) atoms. The molecule has 1 heterocycles. The summed E-state index contributed by atoms with van der Waals surface area (Å²) in [5.74, 6) is 0. The number of rotatable bonds is 6. The molecule has 0 aliphatic carbocycles. The number of aryl methyl sites for hydroxylation is 1. The first-order valence-electron chi connectivity index (χ1n) is 7.01. The van der Waals surface area contributed by atoms with Gasteiger partial charge in [0, 0.05) is 19.3 Å². The number of aromatic nitrogens is 1. The molecule has 0 saturated carbocycles. The van der Waals surface area contributed by atoms with E-state index in [1.54, 1.807) is 0 Å². The number of nitrogens with zero attached hydrogens (tertiary/aromatic N) is 1. The highest BCUT2D eigenvalue weighted by molar-refractivity contribution is 5.83. The van der Waals surface area contributed by atoms with Crippen molar-refractivity contribution in [3.8, 4) is 0 Å². The van der Waals surface area contributed by atoms with Gasteiger partial charge in [0.05, 0.1) is 11.1 Å². The van der Waals surface area contributed by atoms with Gasteiger partial charge in [-0.1, -0.05) is 25.1 Å². The lowest BCUT2D eigenvalue weighted by Crippen LogP contribution is -2.21. The SMILES string of the molecule is CCNCc1cccc2ccn(CCC(C)(C)O)c12. The van der Waals surface area contributed by atoms with Crippen LogP contribution in [0, 0.1) is 0 Å². The highest BCUT2D eigenvalue weighted by Crippen LogP contribution is 2.22. The van der Waals surface area contributed by atoms with Crippen LogP contribution in [0.4, 0.5) is 0 Å². The van der Waals surface area contributed by atoms with E-state index in [1.165, 1.54) is 16.5 Å². The first-order chi connectivity index (χ1) is 9.01. The predicted molar refractivity (Wildman–Crippen MR) is 80.2 cm³/mol. The Morgan fingerprint density at radius 2 is 2.05 bits per heavy atom. The van der Waals surface area contributed by atoms with Gasteiger partial charge in [0.2, 0.25) is 0 Å². The maximum Gasteiger partial charge on any atom is 0.0608 e. The minimum atomic E-state index is -0.618. The van der Waals surface area contributed by atoms with E-state index in [2.05, 4.69) is 47.3 Å². The molecule has 2 N–H and O–H groups in total. The number of benzene rings is 1. The standard InChI is InChI=1S/C16H24N2O/c1-4-17-12-14-7-5-6-13-8-10-18(15(13)14)11-9-16(2,3)19/h5-8,10,17,19H,4,9,11-12H2,1-3H3. The van der Waals surface area contributed by atoms with Crippen molar-refractivity contribution in [2.45, 2.75) is 45.9 Å². The Balaban J connectivity index is 2.28. The summed E-state index contributed by atoms with van der Waals surface area (Å²) in [7, 11) is 0. The fourth-order valence-electron chi connectivity index (χ4n) is 2.32. The molecule has 0 radical (unpaired) electrons. The molecule has 1 aromatic heterocycles. The van der Waals surface area contributed by atoms with Gasteiger partial charge in [-0.25, -0.2) is 0 Å². The van der Waals surface area contributed by atoms with Crippen molar-refractivity contribution in [3.63, 3.8) is 0 Å². The molecule has 0 bridgehead atoms. The van der Waals surface area contributed by atoms with E-state index in [1.807, 2.05) is 13.8 Å². The summed E-state index contributed by atoms with van der Waals surface area (Å²) in [5.41, 5.74) is 1.99. The number of aliphatic hydroxyl groups is 1. The van der Waals surface area contributed by atoms with E-state index in [0.717, 1.165) is 26.1 Å². The molecule has 0 aliphatic heterocycles. The van der Waals surface area contributed by atoms with Crippen LogP contribution in [-0.2, 0) is 13.1 Å². The third kappa shape index (κ3) is 3.58. The van der Waals surface area contributed by atoms with Gasteiger partial charge >= 0.3 is 0 Å². The summed E-state index contributed by atoms with van der Waals surface area (Å²) in [6, 6.07) is 8.57. The van der Waals surface area contributed by atoms with Gasteiger partial charge in [-0.3, -0.25) is 0 Å². The second-order valence-corrected chi connectivity index (χ2v) is 5.71. The molecular formula is C16H24N2O. The summed E-state index contributed by atoms with van der Waals surface area (Å²) in [6.45, 7) is 8.54. The lowest BCUT2D eigenvalue weighted by molar-refractivity contribution is 0.0666. The molecule has 2 rings (SSSR count). The van der Waals surface area contributed by atoms with Gasteiger partial charge in [0.1, 0.15) is 0 Å². The molecular weight excluding hydrogens is 236 g/mol. The van der Waals surface area contributed by atoms with Crippen LogP contribution < -0.4 is 5.32 Å². The number of hydrogen-bond donors (Lipinski definition) is 2. The van der Waals surface area contributed by atoms with Crippen molar-refractivity contribution >= 4 is 10.9 Å². The zero-order valence-corrected chi connectivity index (χ0v) is 12.1. The summed E-state index contributed by atoms with van der Waals surface area (Å²) in [6.07, 6.45) is 2.87. The van der Waals surface area contributed by atoms with E-state index in [-0.39, 0.29) is 0 Å². The lowest BCUT2D eigenvalue weighted by atomic mass is 10.1. The molecule has 0 saturated heterocycles. The van der Waals surface area contributed by atoms with Crippen LogP contribution in [0.2, 0.25) is 0 Å². The van der Waals surface area contributed by atoms with Crippen LogP contribution in [0.1, 0.15) is 32.8 Å². The molecule has 104 valence electrons. The van der Waals surface area contributed by atoms with Crippen molar-refractivity contribution in [1.82, 2.24) is 9.88 Å². The Morgan fingerprint density at radius 3 is 2.74 bits per heavy atom. The normalized spacial score (nSPS) is 12.2. The van der Waals surface area contributed by atoms with E-state index in [9.17, 15) is 5.11 Å². The maximum atomic E-state index is 9.87. The molecule has 0 fully saturated rings. The maximum absolute atomic E-state index is 9.87. The zero-order valence-electron chi connectivity index (χ0n) is 12.1. The largest absolute Gasteiger partial charge is 0.390 e. The summed E-state index contributed by atoms with van der Waals surface area (Å²) < 4.78 is 2.25. The molecule has 0 aliphatic rings. The van der Waals surface area contributed by atoms with E-state index < -0.39 is 5.60 Å². The fourth-order valence-corrected chi connectivity index (χ4v) is 2.32. The van der Waals surface area contributed by atoms with Gasteiger partial charge in [0.15, 0.2) is 0 Å². The highest BCUT2D eigenvalue weighted by atomic mass is 16.3. The quantitative estimate of drug-likeness (QED) is 0.838. The molecule has 0 spiro atoms. The first-order valence-corrected chi connectivity index (χ1v) is 7.01. The van der Waals surface area contributed by atoms with Crippen LogP contribution in [0.15, 0.2) is 30.5 Å². The summed E-state index contributed by atoms with van der Waals surface area (Å²) in [4.78, 5) is 0. The molecule has 1 aromatic carbocycles. The molecule has 3 heteroatoms. The van der Waals surface area contributed by atoms with Crippen LogP contribution in [0.3, 0.4) is 0 Å². The predicted octanol–water partition coefficient (Wildman–Crippen LogP) is 2.91. The van der Waals surface area contributed by atoms with Crippen LogP contribution in [-0.4, -0.2) is 21.8 Å².